The second-order valence-corrected chi connectivity index (χ2v) is 12.7. The number of ketones is 2. The van der Waals surface area contributed by atoms with Gasteiger partial charge in [0.1, 0.15) is 11.6 Å². The van der Waals surface area contributed by atoms with Gasteiger partial charge < -0.3 is 11.5 Å². The molecule has 0 spiro atoms. The molecule has 0 heterocycles. The number of hydrogen-bond acceptors (Lipinski definition) is 4. The standard InChI is InChI=1S/C39H72N2O2/c1-3-5-7-9-11-13-15-17-19-21-23-25-27-29-31-33-36(42)35-37(39(40)41)38(43)34-32-30-28-26-24-22-20-18-16-14-12-10-8-6-4-2/h17-20H,3-16,21-35,40-41H2,1-2H3. The number of hydrogen-bond donors (Lipinski definition) is 2. The second-order valence-electron chi connectivity index (χ2n) is 12.7. The predicted molar refractivity (Wildman–Crippen MR) is 189 cm³/mol. The number of carbonyl (C=O) groups is 2. The molecule has 0 aromatic rings. The van der Waals surface area contributed by atoms with E-state index in [1.165, 1.54) is 116 Å². The average molecular weight is 601 g/mol. The van der Waals surface area contributed by atoms with Gasteiger partial charge in [0.25, 0.3) is 0 Å². The van der Waals surface area contributed by atoms with Gasteiger partial charge in [-0.25, -0.2) is 0 Å². The summed E-state index contributed by atoms with van der Waals surface area (Å²) >= 11 is 0. The normalized spacial score (nSPS) is 11.6. The third kappa shape index (κ3) is 30.0. The van der Waals surface area contributed by atoms with Gasteiger partial charge in [-0.2, -0.15) is 0 Å². The fraction of sp³-hybridized carbons (Fsp3) is 0.795. The Kier molecular flexibility index (Phi) is 31.6. The van der Waals surface area contributed by atoms with E-state index in [4.69, 9.17) is 11.5 Å². The topological polar surface area (TPSA) is 86.2 Å². The molecule has 0 unspecified atom stereocenters. The van der Waals surface area contributed by atoms with Crippen LogP contribution in [-0.2, 0) is 9.59 Å². The van der Waals surface area contributed by atoms with Crippen LogP contribution >= 0.6 is 0 Å². The van der Waals surface area contributed by atoms with Gasteiger partial charge >= 0.3 is 0 Å². The van der Waals surface area contributed by atoms with Gasteiger partial charge in [0.15, 0.2) is 5.78 Å². The van der Waals surface area contributed by atoms with Gasteiger partial charge in [0.05, 0.1) is 0 Å². The third-order valence-corrected chi connectivity index (χ3v) is 8.44. The average Bonchev–Trinajstić information content (AvgIpc) is 2.99. The Bertz CT molecular complexity index is 734. The summed E-state index contributed by atoms with van der Waals surface area (Å²) < 4.78 is 0. The molecule has 0 radical (unpaired) electrons. The van der Waals surface area contributed by atoms with Crippen LogP contribution in [-0.4, -0.2) is 11.6 Å². The van der Waals surface area contributed by atoms with E-state index in [1.807, 2.05) is 0 Å². The largest absolute Gasteiger partial charge is 0.385 e. The molecule has 4 nitrogen and oxygen atoms in total. The number of carbonyl (C=O) groups excluding carboxylic acids is 2. The minimum atomic E-state index is -0.0458. The van der Waals surface area contributed by atoms with Crippen molar-refractivity contribution in [3.8, 4) is 0 Å². The first kappa shape index (κ1) is 41.2. The minimum absolute atomic E-state index is 0.0237. The fourth-order valence-corrected chi connectivity index (χ4v) is 5.55. The van der Waals surface area contributed by atoms with E-state index >= 15 is 0 Å². The van der Waals surface area contributed by atoms with Crippen molar-refractivity contribution < 1.29 is 9.59 Å². The second kappa shape index (κ2) is 33.1. The summed E-state index contributed by atoms with van der Waals surface area (Å²) in [5, 5.41) is 0. The molecule has 0 aliphatic rings. The van der Waals surface area contributed by atoms with Gasteiger partial charge in [-0.3, -0.25) is 9.59 Å². The number of rotatable bonds is 33. The molecule has 43 heavy (non-hydrogen) atoms. The highest BCUT2D eigenvalue weighted by Gasteiger charge is 2.16. The quantitative estimate of drug-likeness (QED) is 0.0445. The van der Waals surface area contributed by atoms with Crippen LogP contribution in [0.25, 0.3) is 0 Å². The molecule has 250 valence electrons. The SMILES string of the molecule is CCCCCCCCC=CCCCCCCCC(=O)CC(C(=O)CCCCCCCC=CCCCCCCCC)=C(N)N. The van der Waals surface area contributed by atoms with Crippen molar-refractivity contribution >= 4 is 11.6 Å². The summed E-state index contributed by atoms with van der Waals surface area (Å²) in [5.41, 5.74) is 11.9. The van der Waals surface area contributed by atoms with E-state index in [1.54, 1.807) is 0 Å². The number of Topliss-reactive ketones (excluding diaryl/α,β-unsaturated/α-hetero) is 2. The van der Waals surface area contributed by atoms with Crippen molar-refractivity contribution in [3.63, 3.8) is 0 Å². The Morgan fingerprint density at radius 1 is 0.442 bits per heavy atom. The maximum atomic E-state index is 12.7. The van der Waals surface area contributed by atoms with Gasteiger partial charge in [0, 0.05) is 24.8 Å². The Labute approximate surface area is 268 Å². The molecule has 0 aliphatic carbocycles. The molecule has 0 aromatic heterocycles. The molecule has 0 bridgehead atoms. The molecular weight excluding hydrogens is 528 g/mol. The van der Waals surface area contributed by atoms with E-state index < -0.39 is 0 Å². The molecule has 0 aromatic carbocycles. The number of nitrogens with two attached hydrogens (primary N) is 2. The molecule has 0 aliphatic heterocycles. The summed E-state index contributed by atoms with van der Waals surface area (Å²) in [5.74, 6) is 0.0603. The van der Waals surface area contributed by atoms with E-state index in [2.05, 4.69) is 38.2 Å². The Balaban J connectivity index is 3.76. The number of unbranched alkanes of at least 4 members (excludes halogenated alkanes) is 22. The van der Waals surface area contributed by atoms with Crippen molar-refractivity contribution in [3.05, 3.63) is 35.7 Å². The van der Waals surface area contributed by atoms with Gasteiger partial charge in [0.2, 0.25) is 0 Å². The van der Waals surface area contributed by atoms with Crippen LogP contribution in [0.2, 0.25) is 0 Å². The molecule has 4 N–H and O–H groups in total. The lowest BCUT2D eigenvalue weighted by Crippen LogP contribution is -2.20. The fourth-order valence-electron chi connectivity index (χ4n) is 5.55. The smallest absolute Gasteiger partial charge is 0.162 e. The van der Waals surface area contributed by atoms with Gasteiger partial charge in [-0.1, -0.05) is 141 Å². The van der Waals surface area contributed by atoms with Gasteiger partial charge in [-0.05, 0) is 64.2 Å². The van der Waals surface area contributed by atoms with Crippen LogP contribution in [0.1, 0.15) is 200 Å². The molecule has 0 rings (SSSR count). The molecule has 0 atom stereocenters. The van der Waals surface area contributed by atoms with E-state index in [-0.39, 0.29) is 23.8 Å². The Hall–Kier alpha value is -1.84. The summed E-state index contributed by atoms with van der Waals surface area (Å²) in [4.78, 5) is 25.2. The summed E-state index contributed by atoms with van der Waals surface area (Å²) in [6, 6.07) is 0. The first-order chi connectivity index (χ1) is 21.0. The first-order valence-electron chi connectivity index (χ1n) is 18.6. The molecule has 0 fully saturated rings. The summed E-state index contributed by atoms with van der Waals surface area (Å²) in [7, 11) is 0. The van der Waals surface area contributed by atoms with Crippen molar-refractivity contribution in [2.75, 3.05) is 0 Å². The Morgan fingerprint density at radius 3 is 1.14 bits per heavy atom. The minimum Gasteiger partial charge on any atom is -0.385 e. The van der Waals surface area contributed by atoms with Crippen molar-refractivity contribution in [2.24, 2.45) is 11.5 Å². The molecular formula is C39H72N2O2. The van der Waals surface area contributed by atoms with Crippen LogP contribution in [0.5, 0.6) is 0 Å². The zero-order chi connectivity index (χ0) is 31.6. The zero-order valence-electron chi connectivity index (χ0n) is 28.8. The van der Waals surface area contributed by atoms with E-state index in [9.17, 15) is 9.59 Å². The number of allylic oxidation sites excluding steroid dienone is 5. The highest BCUT2D eigenvalue weighted by molar-refractivity contribution is 6.00. The van der Waals surface area contributed by atoms with Crippen molar-refractivity contribution in [2.45, 2.75) is 200 Å². The maximum absolute atomic E-state index is 12.7. The first-order valence-corrected chi connectivity index (χ1v) is 18.6. The van der Waals surface area contributed by atoms with Crippen LogP contribution in [0, 0.1) is 0 Å². The molecule has 0 saturated heterocycles. The lowest BCUT2D eigenvalue weighted by molar-refractivity contribution is -0.121. The van der Waals surface area contributed by atoms with Crippen LogP contribution in [0.15, 0.2) is 35.7 Å². The third-order valence-electron chi connectivity index (χ3n) is 8.44. The summed E-state index contributed by atoms with van der Waals surface area (Å²) in [6.45, 7) is 4.53. The summed E-state index contributed by atoms with van der Waals surface area (Å²) in [6.07, 6.45) is 42.5. The lowest BCUT2D eigenvalue weighted by atomic mass is 9.97. The van der Waals surface area contributed by atoms with Crippen LogP contribution < -0.4 is 11.5 Å². The predicted octanol–water partition coefficient (Wildman–Crippen LogP) is 11.7. The van der Waals surface area contributed by atoms with Crippen LogP contribution in [0.3, 0.4) is 0 Å². The highest BCUT2D eigenvalue weighted by atomic mass is 16.1. The Morgan fingerprint density at radius 2 is 0.767 bits per heavy atom. The van der Waals surface area contributed by atoms with Crippen LogP contribution in [0.4, 0.5) is 0 Å². The van der Waals surface area contributed by atoms with Crippen molar-refractivity contribution in [1.29, 1.82) is 0 Å². The molecule has 4 heteroatoms. The van der Waals surface area contributed by atoms with Gasteiger partial charge in [-0.15, -0.1) is 0 Å². The van der Waals surface area contributed by atoms with Crippen molar-refractivity contribution in [1.82, 2.24) is 0 Å². The van der Waals surface area contributed by atoms with E-state index in [0.29, 0.717) is 18.4 Å². The zero-order valence-corrected chi connectivity index (χ0v) is 28.8. The maximum Gasteiger partial charge on any atom is 0.162 e. The molecule has 0 saturated carbocycles. The van der Waals surface area contributed by atoms with E-state index in [0.717, 1.165) is 51.4 Å². The molecule has 0 amide bonds. The highest BCUT2D eigenvalue weighted by Crippen LogP contribution is 2.16. The monoisotopic (exact) mass is 601 g/mol. The lowest BCUT2D eigenvalue weighted by Gasteiger charge is -2.08.